The molecule has 3 N–H and O–H groups in total. The summed E-state index contributed by atoms with van der Waals surface area (Å²) >= 11 is 6.68. The Morgan fingerprint density at radius 3 is 2.67 bits per heavy atom. The lowest BCUT2D eigenvalue weighted by Gasteiger charge is -2.35. The molecule has 3 fully saturated rings. The lowest BCUT2D eigenvalue weighted by molar-refractivity contribution is -0.0399. The van der Waals surface area contributed by atoms with Crippen molar-refractivity contribution in [2.45, 2.75) is 68.4 Å². The average molecular weight is 612 g/mol. The van der Waals surface area contributed by atoms with E-state index < -0.39 is 35.4 Å². The topological polar surface area (TPSA) is 102 Å². The van der Waals surface area contributed by atoms with Gasteiger partial charge in [0.05, 0.1) is 35.4 Å². The summed E-state index contributed by atoms with van der Waals surface area (Å²) in [6, 6.07) is 10.6. The van der Waals surface area contributed by atoms with Crippen molar-refractivity contribution >= 4 is 17.5 Å². The number of benzene rings is 2. The molecule has 3 aliphatic heterocycles. The van der Waals surface area contributed by atoms with Gasteiger partial charge in [-0.05, 0) is 44.2 Å². The van der Waals surface area contributed by atoms with Crippen LogP contribution >= 0.6 is 11.6 Å². The number of ether oxygens (including phenoxy) is 3. The monoisotopic (exact) mass is 611 g/mol. The number of pyridine rings is 1. The summed E-state index contributed by atoms with van der Waals surface area (Å²) in [4.78, 5) is 17.7. The first-order chi connectivity index (χ1) is 20.9. The fraction of sp³-hybridized carbons (Fsp3) is 0.438. The summed E-state index contributed by atoms with van der Waals surface area (Å²) in [5, 5.41) is 16.2. The molecule has 2 aromatic carbocycles. The molecule has 0 radical (unpaired) electrons. The zero-order valence-corrected chi connectivity index (χ0v) is 24.1. The highest BCUT2D eigenvalue weighted by atomic mass is 35.5. The molecule has 1 aliphatic carbocycles. The molecule has 3 aromatic rings. The number of aromatic nitrogens is 1. The molecule has 0 bridgehead atoms. The molecular weight excluding hydrogens is 580 g/mol. The number of aliphatic hydroxyl groups excluding tert-OH is 1. The van der Waals surface area contributed by atoms with Crippen LogP contribution in [0.2, 0.25) is 5.02 Å². The number of fused-ring (bicyclic) bond motifs is 1. The van der Waals surface area contributed by atoms with Crippen LogP contribution in [0, 0.1) is 11.6 Å². The van der Waals surface area contributed by atoms with Crippen LogP contribution in [0.4, 0.5) is 8.78 Å². The number of carbonyl (C=O) groups excluding carboxylic acids is 1. The highest BCUT2D eigenvalue weighted by Crippen LogP contribution is 2.52. The molecule has 11 heteroatoms. The molecule has 1 amide bonds. The maximum absolute atomic E-state index is 16.6. The summed E-state index contributed by atoms with van der Waals surface area (Å²) in [6.07, 6.45) is 3.53. The van der Waals surface area contributed by atoms with Crippen LogP contribution in [0.15, 0.2) is 42.6 Å². The molecule has 7 rings (SSSR count). The van der Waals surface area contributed by atoms with Gasteiger partial charge in [-0.1, -0.05) is 41.9 Å². The van der Waals surface area contributed by atoms with Gasteiger partial charge in [-0.3, -0.25) is 4.79 Å². The van der Waals surface area contributed by atoms with Crippen LogP contribution in [0.1, 0.15) is 53.6 Å². The fourth-order valence-electron chi connectivity index (χ4n) is 6.63. The first-order valence-electron chi connectivity index (χ1n) is 14.8. The van der Waals surface area contributed by atoms with Crippen molar-refractivity contribution in [1.29, 1.82) is 0 Å². The Kier molecular flexibility index (Phi) is 7.49. The Morgan fingerprint density at radius 1 is 1.16 bits per heavy atom. The highest BCUT2D eigenvalue weighted by molar-refractivity contribution is 6.34. The van der Waals surface area contributed by atoms with E-state index >= 15 is 8.78 Å². The van der Waals surface area contributed by atoms with Gasteiger partial charge in [-0.25, -0.2) is 13.8 Å². The zero-order chi connectivity index (χ0) is 29.7. The first-order valence-corrected chi connectivity index (χ1v) is 15.1. The van der Waals surface area contributed by atoms with Gasteiger partial charge in [0.1, 0.15) is 17.7 Å². The standard InChI is InChI=1S/C32H32ClF2N3O5/c33-28-21(34)13-24-19(14-32(43-24,25-7-4-11-36-25)17-5-2-1-3-6-17)26(28)27-20(30(40)38-18-10-12-41-16-18)15-37-31(29(27)35)42-23-9-8-22(23)39/h1-3,5-6,13,15,18,22-23,25,36,39H,4,7-12,14,16H2,(H,38,40)/t18-,22-,23+,25+,32+/m1/s1. The van der Waals surface area contributed by atoms with E-state index in [0.29, 0.717) is 38.0 Å². The van der Waals surface area contributed by atoms with Crippen molar-refractivity contribution in [3.05, 3.63) is 75.9 Å². The van der Waals surface area contributed by atoms with E-state index in [0.717, 1.165) is 24.9 Å². The second-order valence-electron chi connectivity index (χ2n) is 11.7. The number of aliphatic hydroxyl groups is 1. The molecule has 4 heterocycles. The number of nitrogens with zero attached hydrogens (tertiary/aromatic N) is 1. The molecule has 4 aliphatic rings. The summed E-state index contributed by atoms with van der Waals surface area (Å²) in [5.74, 6) is -2.51. The molecule has 8 nitrogen and oxygen atoms in total. The highest BCUT2D eigenvalue weighted by Gasteiger charge is 2.50. The quantitative estimate of drug-likeness (QED) is 0.357. The zero-order valence-electron chi connectivity index (χ0n) is 23.4. The van der Waals surface area contributed by atoms with Gasteiger partial charge in [0.2, 0.25) is 0 Å². The molecule has 0 spiro atoms. The van der Waals surface area contributed by atoms with Gasteiger partial charge in [0, 0.05) is 42.0 Å². The van der Waals surface area contributed by atoms with E-state index in [1.54, 1.807) is 0 Å². The fourth-order valence-corrected chi connectivity index (χ4v) is 6.90. The molecule has 2 saturated heterocycles. The van der Waals surface area contributed by atoms with E-state index in [1.165, 1.54) is 12.3 Å². The third-order valence-corrected chi connectivity index (χ3v) is 9.46. The van der Waals surface area contributed by atoms with Crippen LogP contribution in [-0.2, 0) is 16.8 Å². The van der Waals surface area contributed by atoms with Crippen molar-refractivity contribution < 1.29 is 32.9 Å². The SMILES string of the molecule is O=C(N[C@@H]1CCOC1)c1cnc(O[C@H]2CC[C@H]2O)c(F)c1-c1c(Cl)c(F)cc2c1C[C@](c1ccccc1)([C@@H]1CCCN1)O2. The second-order valence-corrected chi connectivity index (χ2v) is 12.1. The van der Waals surface area contributed by atoms with Crippen LogP contribution in [0.3, 0.4) is 0 Å². The third kappa shape index (κ3) is 4.94. The van der Waals surface area contributed by atoms with Crippen molar-refractivity contribution in [2.75, 3.05) is 19.8 Å². The molecule has 1 saturated carbocycles. The van der Waals surface area contributed by atoms with E-state index in [4.69, 9.17) is 25.8 Å². The molecule has 5 atom stereocenters. The second kappa shape index (κ2) is 11.3. The third-order valence-electron chi connectivity index (χ3n) is 9.09. The molecule has 43 heavy (non-hydrogen) atoms. The molecular formula is C32H32ClF2N3O5. The molecule has 0 unspecified atom stereocenters. The number of nitrogens with one attached hydrogen (secondary N) is 2. The van der Waals surface area contributed by atoms with Gasteiger partial charge in [0.15, 0.2) is 11.4 Å². The van der Waals surface area contributed by atoms with Gasteiger partial charge in [0.25, 0.3) is 11.8 Å². The maximum Gasteiger partial charge on any atom is 0.253 e. The molecule has 1 aromatic heterocycles. The number of halogens is 3. The Bertz CT molecular complexity index is 1550. The van der Waals surface area contributed by atoms with Gasteiger partial charge in [-0.15, -0.1) is 0 Å². The van der Waals surface area contributed by atoms with E-state index in [2.05, 4.69) is 15.6 Å². The van der Waals surface area contributed by atoms with Crippen molar-refractivity contribution in [3.8, 4) is 22.8 Å². The summed E-state index contributed by atoms with van der Waals surface area (Å²) in [6.45, 7) is 1.64. The van der Waals surface area contributed by atoms with Gasteiger partial charge in [-0.2, -0.15) is 0 Å². The van der Waals surface area contributed by atoms with Gasteiger partial charge >= 0.3 is 0 Å². The number of hydrogen-bond donors (Lipinski definition) is 3. The van der Waals surface area contributed by atoms with Crippen LogP contribution in [0.25, 0.3) is 11.1 Å². The van der Waals surface area contributed by atoms with Crippen molar-refractivity contribution in [3.63, 3.8) is 0 Å². The average Bonchev–Trinajstić information content (AvgIpc) is 3.79. The predicted molar refractivity (Wildman–Crippen MR) is 154 cm³/mol. The number of amides is 1. The van der Waals surface area contributed by atoms with Gasteiger partial charge < -0.3 is 30.0 Å². The van der Waals surface area contributed by atoms with E-state index in [-0.39, 0.29) is 51.8 Å². The summed E-state index contributed by atoms with van der Waals surface area (Å²) in [5.41, 5.74) is 0.167. The Balaban J connectivity index is 1.39. The predicted octanol–water partition coefficient (Wildman–Crippen LogP) is 4.68. The van der Waals surface area contributed by atoms with E-state index in [1.807, 2.05) is 30.3 Å². The van der Waals surface area contributed by atoms with Crippen LogP contribution in [0.5, 0.6) is 11.6 Å². The van der Waals surface area contributed by atoms with Crippen molar-refractivity contribution in [2.24, 2.45) is 0 Å². The molecule has 226 valence electrons. The Hall–Kier alpha value is -3.31. The lowest BCUT2D eigenvalue weighted by Crippen LogP contribution is -2.48. The van der Waals surface area contributed by atoms with Crippen LogP contribution in [-0.4, -0.2) is 60.0 Å². The Morgan fingerprint density at radius 2 is 2.00 bits per heavy atom. The lowest BCUT2D eigenvalue weighted by atomic mass is 9.80. The maximum atomic E-state index is 16.6. The smallest absolute Gasteiger partial charge is 0.253 e. The minimum Gasteiger partial charge on any atom is -0.480 e. The van der Waals surface area contributed by atoms with E-state index in [9.17, 15) is 9.90 Å². The number of carbonyl (C=O) groups is 1. The summed E-state index contributed by atoms with van der Waals surface area (Å²) < 4.78 is 50.0. The summed E-state index contributed by atoms with van der Waals surface area (Å²) in [7, 11) is 0. The minimum absolute atomic E-state index is 0.0270. The minimum atomic E-state index is -0.958. The normalized spacial score (nSPS) is 27.8. The number of hydrogen-bond acceptors (Lipinski definition) is 7. The largest absolute Gasteiger partial charge is 0.480 e. The van der Waals surface area contributed by atoms with Crippen molar-refractivity contribution in [1.82, 2.24) is 15.6 Å². The van der Waals surface area contributed by atoms with Crippen LogP contribution < -0.4 is 20.1 Å². The first kappa shape index (κ1) is 28.5. The Labute approximate surface area is 252 Å². The number of rotatable bonds is 7.